The third kappa shape index (κ3) is 1.69. The molecule has 0 unspecified atom stereocenters. The zero-order chi connectivity index (χ0) is 12.6. The normalized spacial score (nSPS) is 11.8. The molecule has 3 rings (SSSR count). The van der Waals surface area contributed by atoms with Crippen molar-refractivity contribution < 1.29 is 8.42 Å². The Morgan fingerprint density at radius 2 is 1.78 bits per heavy atom. The van der Waals surface area contributed by atoms with Gasteiger partial charge in [-0.15, -0.1) is 0 Å². The fourth-order valence-corrected chi connectivity index (χ4v) is 2.99. The predicted octanol–water partition coefficient (Wildman–Crippen LogP) is 2.27. The van der Waals surface area contributed by atoms with Crippen LogP contribution in [0.1, 0.15) is 0 Å². The van der Waals surface area contributed by atoms with Crippen molar-refractivity contribution in [3.05, 3.63) is 61.2 Å². The van der Waals surface area contributed by atoms with E-state index in [0.29, 0.717) is 0 Å². The van der Waals surface area contributed by atoms with Gasteiger partial charge in [0.05, 0.1) is 4.90 Å². The van der Waals surface area contributed by atoms with Crippen LogP contribution < -0.4 is 0 Å². The van der Waals surface area contributed by atoms with E-state index < -0.39 is 10.0 Å². The monoisotopic (exact) mass is 258 g/mol. The molecule has 3 aromatic rings. The van der Waals surface area contributed by atoms with Gasteiger partial charge in [-0.2, -0.15) is 0 Å². The van der Waals surface area contributed by atoms with Crippen molar-refractivity contribution in [3.8, 4) is 0 Å². The zero-order valence-electron chi connectivity index (χ0n) is 9.39. The molecule has 1 aromatic heterocycles. The van der Waals surface area contributed by atoms with Gasteiger partial charge in [0.15, 0.2) is 0 Å². The topological polar surface area (TPSA) is 52.0 Å². The van der Waals surface area contributed by atoms with Gasteiger partial charge in [0, 0.05) is 12.4 Å². The molecule has 0 N–H and O–H groups in total. The van der Waals surface area contributed by atoms with E-state index in [4.69, 9.17) is 0 Å². The van der Waals surface area contributed by atoms with Crippen molar-refractivity contribution in [2.45, 2.75) is 4.90 Å². The lowest BCUT2D eigenvalue weighted by atomic mass is 10.1. The van der Waals surface area contributed by atoms with Gasteiger partial charge in [0.1, 0.15) is 6.33 Å². The average molecular weight is 258 g/mol. The molecule has 5 heteroatoms. The van der Waals surface area contributed by atoms with Crippen LogP contribution in [0.15, 0.2) is 66.1 Å². The van der Waals surface area contributed by atoms with Crippen molar-refractivity contribution >= 4 is 20.8 Å². The van der Waals surface area contributed by atoms with Crippen LogP contribution in [0.25, 0.3) is 10.8 Å². The second-order valence-corrected chi connectivity index (χ2v) is 5.75. The standard InChI is InChI=1S/C13H10N2O2S/c16-18(17,15-8-7-14-10-15)13-6-5-11-3-1-2-4-12(11)9-13/h1-10H. The molecule has 90 valence electrons. The van der Waals surface area contributed by atoms with Crippen LogP contribution in [0.3, 0.4) is 0 Å². The second kappa shape index (κ2) is 3.96. The van der Waals surface area contributed by atoms with Gasteiger partial charge in [-0.05, 0) is 22.9 Å². The highest BCUT2D eigenvalue weighted by Gasteiger charge is 2.16. The number of imidazole rings is 1. The molecule has 0 amide bonds. The van der Waals surface area contributed by atoms with Gasteiger partial charge >= 0.3 is 0 Å². The number of rotatable bonds is 2. The van der Waals surface area contributed by atoms with Crippen LogP contribution in [-0.2, 0) is 10.0 Å². The molecule has 0 saturated carbocycles. The molecular formula is C13H10N2O2S. The molecule has 2 aromatic carbocycles. The number of fused-ring (bicyclic) bond motifs is 1. The lowest BCUT2D eigenvalue weighted by Crippen LogP contribution is -2.10. The summed E-state index contributed by atoms with van der Waals surface area (Å²) >= 11 is 0. The smallest absolute Gasteiger partial charge is 0.244 e. The number of hydrogen-bond donors (Lipinski definition) is 0. The highest BCUT2D eigenvalue weighted by Crippen LogP contribution is 2.20. The lowest BCUT2D eigenvalue weighted by Gasteiger charge is -2.06. The lowest BCUT2D eigenvalue weighted by molar-refractivity contribution is 0.587. The molecular weight excluding hydrogens is 248 g/mol. The third-order valence-corrected chi connectivity index (χ3v) is 4.40. The Balaban J connectivity index is 2.21. The molecule has 0 aliphatic heterocycles. The van der Waals surface area contributed by atoms with E-state index in [9.17, 15) is 8.42 Å². The molecule has 0 radical (unpaired) electrons. The van der Waals surface area contributed by atoms with E-state index in [-0.39, 0.29) is 4.90 Å². The minimum absolute atomic E-state index is 0.263. The number of hydrogen-bond acceptors (Lipinski definition) is 3. The van der Waals surface area contributed by atoms with Crippen molar-refractivity contribution in [3.63, 3.8) is 0 Å². The van der Waals surface area contributed by atoms with Crippen LogP contribution in [0.4, 0.5) is 0 Å². The zero-order valence-corrected chi connectivity index (χ0v) is 10.2. The minimum atomic E-state index is -3.53. The van der Waals surface area contributed by atoms with Gasteiger partial charge in [0.25, 0.3) is 10.0 Å². The predicted molar refractivity (Wildman–Crippen MR) is 68.8 cm³/mol. The highest BCUT2D eigenvalue weighted by molar-refractivity contribution is 7.90. The van der Waals surface area contributed by atoms with Crippen LogP contribution >= 0.6 is 0 Å². The molecule has 0 atom stereocenters. The van der Waals surface area contributed by atoms with E-state index in [1.54, 1.807) is 18.2 Å². The summed E-state index contributed by atoms with van der Waals surface area (Å²) < 4.78 is 25.6. The summed E-state index contributed by atoms with van der Waals surface area (Å²) in [6.07, 6.45) is 4.15. The molecule has 0 bridgehead atoms. The number of benzene rings is 2. The van der Waals surface area contributed by atoms with E-state index >= 15 is 0 Å². The Morgan fingerprint density at radius 1 is 1.00 bits per heavy atom. The van der Waals surface area contributed by atoms with Crippen LogP contribution in [0.2, 0.25) is 0 Å². The SMILES string of the molecule is O=S(=O)(c1ccc2ccccc2c1)n1ccnc1. The molecule has 18 heavy (non-hydrogen) atoms. The summed E-state index contributed by atoms with van der Waals surface area (Å²) in [5, 5.41) is 1.92. The van der Waals surface area contributed by atoms with Crippen molar-refractivity contribution in [1.29, 1.82) is 0 Å². The van der Waals surface area contributed by atoms with Crippen LogP contribution in [-0.4, -0.2) is 17.4 Å². The summed E-state index contributed by atoms with van der Waals surface area (Å²) in [4.78, 5) is 4.02. The minimum Gasteiger partial charge on any atom is -0.244 e. The Kier molecular flexibility index (Phi) is 2.41. The first-order chi connectivity index (χ1) is 8.68. The molecule has 0 saturated heterocycles. The average Bonchev–Trinajstić information content (AvgIpc) is 2.92. The maximum Gasteiger partial charge on any atom is 0.268 e. The number of nitrogens with zero attached hydrogens (tertiary/aromatic N) is 2. The summed E-state index contributed by atoms with van der Waals surface area (Å²) in [5.74, 6) is 0. The summed E-state index contributed by atoms with van der Waals surface area (Å²) in [7, 11) is -3.53. The summed E-state index contributed by atoms with van der Waals surface area (Å²) in [6.45, 7) is 0. The third-order valence-electron chi connectivity index (χ3n) is 2.78. The van der Waals surface area contributed by atoms with Crippen molar-refractivity contribution in [2.75, 3.05) is 0 Å². The first kappa shape index (κ1) is 11.0. The van der Waals surface area contributed by atoms with Crippen molar-refractivity contribution in [1.82, 2.24) is 8.96 Å². The quantitative estimate of drug-likeness (QED) is 0.708. The number of aromatic nitrogens is 2. The molecule has 0 aliphatic carbocycles. The van der Waals surface area contributed by atoms with E-state index in [1.165, 1.54) is 18.7 Å². The van der Waals surface area contributed by atoms with E-state index in [2.05, 4.69) is 4.98 Å². The van der Waals surface area contributed by atoms with E-state index in [0.717, 1.165) is 14.7 Å². The Hall–Kier alpha value is -2.14. The molecule has 0 aliphatic rings. The van der Waals surface area contributed by atoms with Crippen molar-refractivity contribution in [2.24, 2.45) is 0 Å². The van der Waals surface area contributed by atoms with Gasteiger partial charge < -0.3 is 0 Å². The van der Waals surface area contributed by atoms with E-state index in [1.807, 2.05) is 24.3 Å². The van der Waals surface area contributed by atoms with Gasteiger partial charge in [-0.3, -0.25) is 0 Å². The van der Waals surface area contributed by atoms with Crippen LogP contribution in [0, 0.1) is 0 Å². The Bertz CT molecular complexity index is 793. The maximum absolute atomic E-state index is 12.3. The van der Waals surface area contributed by atoms with Gasteiger partial charge in [0.2, 0.25) is 0 Å². The molecule has 0 fully saturated rings. The highest BCUT2D eigenvalue weighted by atomic mass is 32.2. The Morgan fingerprint density at radius 3 is 2.50 bits per heavy atom. The second-order valence-electron chi connectivity index (χ2n) is 3.91. The Labute approximate surface area is 105 Å². The first-order valence-electron chi connectivity index (χ1n) is 5.40. The largest absolute Gasteiger partial charge is 0.268 e. The van der Waals surface area contributed by atoms with Gasteiger partial charge in [-0.1, -0.05) is 30.3 Å². The van der Waals surface area contributed by atoms with Gasteiger partial charge in [-0.25, -0.2) is 17.4 Å². The summed E-state index contributed by atoms with van der Waals surface area (Å²) in [6, 6.07) is 12.7. The summed E-state index contributed by atoms with van der Waals surface area (Å²) in [5.41, 5.74) is 0. The van der Waals surface area contributed by atoms with Crippen LogP contribution in [0.5, 0.6) is 0 Å². The maximum atomic E-state index is 12.3. The molecule has 1 heterocycles. The fourth-order valence-electron chi connectivity index (χ4n) is 1.84. The molecule has 0 spiro atoms. The fraction of sp³-hybridized carbons (Fsp3) is 0. The first-order valence-corrected chi connectivity index (χ1v) is 6.84. The molecule has 4 nitrogen and oxygen atoms in total.